The highest BCUT2D eigenvalue weighted by molar-refractivity contribution is 5.79. The summed E-state index contributed by atoms with van der Waals surface area (Å²) in [6, 6.07) is -0.363. The third-order valence-electron chi connectivity index (χ3n) is 4.03. The first-order valence-corrected chi connectivity index (χ1v) is 7.70. The minimum atomic E-state index is -0.902. The molecular formula is C15H28N2O4. The molecule has 0 aromatic rings. The first-order chi connectivity index (χ1) is 9.90. The van der Waals surface area contributed by atoms with Gasteiger partial charge in [0, 0.05) is 13.0 Å². The molecule has 21 heavy (non-hydrogen) atoms. The van der Waals surface area contributed by atoms with Gasteiger partial charge >= 0.3 is 5.97 Å². The number of nitrogens with two attached hydrogens (primary N) is 1. The van der Waals surface area contributed by atoms with Crippen molar-refractivity contribution in [2.75, 3.05) is 26.3 Å². The Morgan fingerprint density at radius 2 is 2.05 bits per heavy atom. The van der Waals surface area contributed by atoms with Gasteiger partial charge in [0.1, 0.15) is 5.92 Å². The minimum absolute atomic E-state index is 0.0182. The number of carboxylic acids is 1. The quantitative estimate of drug-likeness (QED) is 0.696. The van der Waals surface area contributed by atoms with Gasteiger partial charge in [-0.2, -0.15) is 0 Å². The van der Waals surface area contributed by atoms with Crippen LogP contribution in [0.3, 0.4) is 0 Å². The van der Waals surface area contributed by atoms with Crippen molar-refractivity contribution >= 4 is 11.9 Å². The van der Waals surface area contributed by atoms with Crippen LogP contribution in [0.15, 0.2) is 0 Å². The lowest BCUT2D eigenvalue weighted by Gasteiger charge is -2.31. The van der Waals surface area contributed by atoms with Gasteiger partial charge in [-0.1, -0.05) is 13.8 Å². The van der Waals surface area contributed by atoms with E-state index >= 15 is 0 Å². The number of carbonyl (C=O) groups excluding carboxylic acids is 1. The summed E-state index contributed by atoms with van der Waals surface area (Å²) < 4.78 is 5.26. The van der Waals surface area contributed by atoms with Gasteiger partial charge in [0.05, 0.1) is 19.3 Å². The Hall–Kier alpha value is -1.14. The van der Waals surface area contributed by atoms with Crippen molar-refractivity contribution in [2.45, 2.75) is 39.7 Å². The van der Waals surface area contributed by atoms with Gasteiger partial charge in [-0.3, -0.25) is 9.59 Å². The maximum absolute atomic E-state index is 12.5. The fourth-order valence-corrected chi connectivity index (χ4v) is 2.98. The summed E-state index contributed by atoms with van der Waals surface area (Å²) in [5.74, 6) is -0.910. The zero-order valence-electron chi connectivity index (χ0n) is 13.2. The Bertz CT molecular complexity index is 360. The van der Waals surface area contributed by atoms with Crippen LogP contribution in [0.25, 0.3) is 0 Å². The molecule has 122 valence electrons. The molecule has 6 heteroatoms. The topological polar surface area (TPSA) is 92.9 Å². The molecule has 1 amide bonds. The van der Waals surface area contributed by atoms with Crippen molar-refractivity contribution < 1.29 is 19.4 Å². The standard InChI is InChI=1S/C15H28N2O4/c1-4-17(13-9-21-8-12(13)15(19)20)14(18)6-11(7-16)5-10(2)3/h10-13H,4-9,16H2,1-3H3,(H,19,20)/t11-,12?,13?/m0/s1. The van der Waals surface area contributed by atoms with Gasteiger partial charge in [-0.05, 0) is 31.7 Å². The van der Waals surface area contributed by atoms with E-state index in [9.17, 15) is 14.7 Å². The number of carbonyl (C=O) groups is 2. The summed E-state index contributed by atoms with van der Waals surface area (Å²) in [7, 11) is 0. The number of aliphatic carboxylic acids is 1. The highest BCUT2D eigenvalue weighted by atomic mass is 16.5. The maximum Gasteiger partial charge on any atom is 0.311 e. The van der Waals surface area contributed by atoms with E-state index in [2.05, 4.69) is 13.8 Å². The lowest BCUT2D eigenvalue weighted by atomic mass is 9.93. The molecule has 2 unspecified atom stereocenters. The predicted octanol–water partition coefficient (Wildman–Crippen LogP) is 0.946. The Kier molecular flexibility index (Phi) is 7.11. The van der Waals surface area contributed by atoms with E-state index in [1.807, 2.05) is 6.92 Å². The molecule has 0 aromatic heterocycles. The number of carboxylic acid groups (broad SMARTS) is 1. The van der Waals surface area contributed by atoms with Gasteiger partial charge in [-0.15, -0.1) is 0 Å². The van der Waals surface area contributed by atoms with Crippen molar-refractivity contribution in [3.05, 3.63) is 0 Å². The molecule has 1 rings (SSSR count). The normalized spacial score (nSPS) is 23.3. The smallest absolute Gasteiger partial charge is 0.311 e. The number of hydrogen-bond donors (Lipinski definition) is 2. The largest absolute Gasteiger partial charge is 0.481 e. The average molecular weight is 300 g/mol. The van der Waals surface area contributed by atoms with Gasteiger partial charge in [0.15, 0.2) is 0 Å². The molecule has 0 aliphatic carbocycles. The molecule has 1 aliphatic rings. The van der Waals surface area contributed by atoms with Crippen LogP contribution in [0, 0.1) is 17.8 Å². The fraction of sp³-hybridized carbons (Fsp3) is 0.867. The molecule has 1 aliphatic heterocycles. The maximum atomic E-state index is 12.5. The Balaban J connectivity index is 2.70. The van der Waals surface area contributed by atoms with E-state index < -0.39 is 11.9 Å². The summed E-state index contributed by atoms with van der Waals surface area (Å²) in [4.78, 5) is 25.4. The zero-order valence-corrected chi connectivity index (χ0v) is 13.2. The van der Waals surface area contributed by atoms with E-state index in [4.69, 9.17) is 10.5 Å². The molecule has 1 heterocycles. The van der Waals surface area contributed by atoms with E-state index in [-0.39, 0.29) is 24.5 Å². The molecule has 0 saturated carbocycles. The summed E-state index contributed by atoms with van der Waals surface area (Å²) in [6.07, 6.45) is 1.29. The number of rotatable bonds is 8. The van der Waals surface area contributed by atoms with Gasteiger partial charge in [-0.25, -0.2) is 0 Å². The number of likely N-dealkylation sites (N-methyl/N-ethyl adjacent to an activating group) is 1. The summed E-state index contributed by atoms with van der Waals surface area (Å²) >= 11 is 0. The molecule has 0 bridgehead atoms. The fourth-order valence-electron chi connectivity index (χ4n) is 2.98. The second-order valence-electron chi connectivity index (χ2n) is 6.16. The monoisotopic (exact) mass is 300 g/mol. The number of nitrogens with zero attached hydrogens (tertiary/aromatic N) is 1. The Morgan fingerprint density at radius 3 is 2.52 bits per heavy atom. The minimum Gasteiger partial charge on any atom is -0.481 e. The SMILES string of the molecule is CCN(C(=O)C[C@@H](CN)CC(C)C)C1COCC1C(=O)O. The van der Waals surface area contributed by atoms with E-state index in [0.717, 1.165) is 6.42 Å². The lowest BCUT2D eigenvalue weighted by Crippen LogP contribution is -2.47. The predicted molar refractivity (Wildman–Crippen MR) is 79.7 cm³/mol. The lowest BCUT2D eigenvalue weighted by molar-refractivity contribution is -0.145. The van der Waals surface area contributed by atoms with Crippen molar-refractivity contribution in [1.29, 1.82) is 0 Å². The van der Waals surface area contributed by atoms with Crippen LogP contribution in [0.5, 0.6) is 0 Å². The first-order valence-electron chi connectivity index (χ1n) is 7.70. The number of hydrogen-bond acceptors (Lipinski definition) is 4. The van der Waals surface area contributed by atoms with Crippen molar-refractivity contribution in [1.82, 2.24) is 4.90 Å². The Labute approximate surface area is 126 Å². The third kappa shape index (κ3) is 4.97. The highest BCUT2D eigenvalue weighted by Crippen LogP contribution is 2.23. The highest BCUT2D eigenvalue weighted by Gasteiger charge is 2.39. The average Bonchev–Trinajstić information content (AvgIpc) is 2.87. The molecule has 1 fully saturated rings. The summed E-state index contributed by atoms with van der Waals surface area (Å²) in [5, 5.41) is 9.22. The van der Waals surface area contributed by atoms with Gasteiger partial charge in [0.2, 0.25) is 5.91 Å². The molecule has 3 N–H and O–H groups in total. The second kappa shape index (κ2) is 8.34. The summed E-state index contributed by atoms with van der Waals surface area (Å²) in [5.41, 5.74) is 5.75. The second-order valence-corrected chi connectivity index (χ2v) is 6.16. The molecule has 6 nitrogen and oxygen atoms in total. The van der Waals surface area contributed by atoms with Crippen LogP contribution in [-0.4, -0.2) is 54.2 Å². The van der Waals surface area contributed by atoms with Gasteiger partial charge < -0.3 is 20.5 Å². The van der Waals surface area contributed by atoms with Crippen LogP contribution < -0.4 is 5.73 Å². The molecule has 1 saturated heterocycles. The molecule has 3 atom stereocenters. The molecule has 0 aromatic carbocycles. The van der Waals surface area contributed by atoms with E-state index in [0.29, 0.717) is 32.0 Å². The first kappa shape index (κ1) is 17.9. The van der Waals surface area contributed by atoms with Crippen LogP contribution in [-0.2, 0) is 14.3 Å². The summed E-state index contributed by atoms with van der Waals surface area (Å²) in [6.45, 7) is 7.53. The molecule has 0 spiro atoms. The molecule has 0 radical (unpaired) electrons. The van der Waals surface area contributed by atoms with Gasteiger partial charge in [0.25, 0.3) is 0 Å². The van der Waals surface area contributed by atoms with E-state index in [1.165, 1.54) is 0 Å². The van der Waals surface area contributed by atoms with Crippen molar-refractivity contribution in [3.8, 4) is 0 Å². The Morgan fingerprint density at radius 1 is 1.38 bits per heavy atom. The van der Waals surface area contributed by atoms with Crippen LogP contribution in [0.1, 0.15) is 33.6 Å². The number of amides is 1. The molecular weight excluding hydrogens is 272 g/mol. The number of ether oxygens (including phenoxy) is 1. The zero-order chi connectivity index (χ0) is 16.0. The third-order valence-corrected chi connectivity index (χ3v) is 4.03. The van der Waals surface area contributed by atoms with E-state index in [1.54, 1.807) is 4.90 Å². The van der Waals surface area contributed by atoms with Crippen LogP contribution >= 0.6 is 0 Å². The van der Waals surface area contributed by atoms with Crippen molar-refractivity contribution in [3.63, 3.8) is 0 Å². The van der Waals surface area contributed by atoms with Crippen LogP contribution in [0.2, 0.25) is 0 Å². The van der Waals surface area contributed by atoms with Crippen LogP contribution in [0.4, 0.5) is 0 Å². The van der Waals surface area contributed by atoms with Crippen molar-refractivity contribution in [2.24, 2.45) is 23.5 Å².